The molecule has 0 fully saturated rings. The van der Waals surface area contributed by atoms with Crippen LogP contribution in [0.4, 0.5) is 0 Å². The van der Waals surface area contributed by atoms with Crippen LogP contribution in [0, 0.1) is 0 Å². The quantitative estimate of drug-likeness (QED) is 0.525. The summed E-state index contributed by atoms with van der Waals surface area (Å²) in [5.74, 6) is 0.729. The predicted molar refractivity (Wildman–Crippen MR) is 106 cm³/mol. The number of nitrogens with zero attached hydrogens (tertiary/aromatic N) is 3. The molecule has 0 aliphatic carbocycles. The average molecular weight is 363 g/mol. The van der Waals surface area contributed by atoms with E-state index in [4.69, 9.17) is 0 Å². The molecular formula is C20H17N3O2S. The van der Waals surface area contributed by atoms with Gasteiger partial charge in [0.25, 0.3) is 5.56 Å². The summed E-state index contributed by atoms with van der Waals surface area (Å²) in [6, 6.07) is 16.3. The van der Waals surface area contributed by atoms with Gasteiger partial charge in [-0.1, -0.05) is 42.5 Å². The summed E-state index contributed by atoms with van der Waals surface area (Å²) < 4.78 is 2.55. The fourth-order valence-corrected chi connectivity index (χ4v) is 4.20. The second kappa shape index (κ2) is 6.46. The van der Waals surface area contributed by atoms with E-state index in [9.17, 15) is 9.59 Å². The van der Waals surface area contributed by atoms with Gasteiger partial charge < -0.3 is 0 Å². The molecule has 2 aromatic carbocycles. The fourth-order valence-electron chi connectivity index (χ4n) is 3.15. The second-order valence-electron chi connectivity index (χ2n) is 6.14. The van der Waals surface area contributed by atoms with Crippen molar-refractivity contribution in [3.63, 3.8) is 0 Å². The van der Waals surface area contributed by atoms with Crippen LogP contribution < -0.4 is 11.2 Å². The van der Waals surface area contributed by atoms with Crippen molar-refractivity contribution in [3.8, 4) is 0 Å². The molecule has 0 amide bonds. The van der Waals surface area contributed by atoms with Crippen molar-refractivity contribution in [2.24, 2.45) is 14.1 Å². The molecular weight excluding hydrogens is 346 g/mol. The number of fused-ring (bicyclic) bond motifs is 2. The number of pyridine rings is 1. The van der Waals surface area contributed by atoms with Crippen LogP contribution in [0.1, 0.15) is 5.56 Å². The number of aromatic nitrogens is 3. The van der Waals surface area contributed by atoms with E-state index in [0.717, 1.165) is 15.2 Å². The third-order valence-electron chi connectivity index (χ3n) is 4.57. The first-order valence-corrected chi connectivity index (χ1v) is 9.20. The Balaban J connectivity index is 1.81. The zero-order valence-electron chi connectivity index (χ0n) is 14.5. The molecule has 0 unspecified atom stereocenters. The minimum Gasteiger partial charge on any atom is -0.280 e. The molecule has 0 spiro atoms. The molecule has 130 valence electrons. The van der Waals surface area contributed by atoms with Crippen LogP contribution in [0.5, 0.6) is 0 Å². The number of benzene rings is 2. The summed E-state index contributed by atoms with van der Waals surface area (Å²) in [7, 11) is 3.13. The number of hydrogen-bond acceptors (Lipinski definition) is 4. The van der Waals surface area contributed by atoms with Crippen LogP contribution in [-0.2, 0) is 19.8 Å². The van der Waals surface area contributed by atoms with Gasteiger partial charge in [0.2, 0.25) is 0 Å². The molecule has 2 heterocycles. The molecule has 26 heavy (non-hydrogen) atoms. The third-order valence-corrected chi connectivity index (χ3v) is 5.67. The Morgan fingerprint density at radius 3 is 2.58 bits per heavy atom. The third kappa shape index (κ3) is 2.63. The van der Waals surface area contributed by atoms with Crippen molar-refractivity contribution in [1.82, 2.24) is 14.1 Å². The van der Waals surface area contributed by atoms with Gasteiger partial charge in [0, 0.05) is 30.9 Å². The monoisotopic (exact) mass is 363 g/mol. The van der Waals surface area contributed by atoms with Gasteiger partial charge in [-0.05, 0) is 22.4 Å². The Hall–Kier alpha value is -2.86. The molecule has 0 saturated carbocycles. The Morgan fingerprint density at radius 1 is 0.962 bits per heavy atom. The number of aryl methyl sites for hydroxylation is 1. The van der Waals surface area contributed by atoms with E-state index in [-0.39, 0.29) is 11.2 Å². The molecule has 5 nitrogen and oxygen atoms in total. The van der Waals surface area contributed by atoms with Gasteiger partial charge in [0.05, 0.1) is 5.39 Å². The van der Waals surface area contributed by atoms with Gasteiger partial charge in [0.1, 0.15) is 5.65 Å². The predicted octanol–water partition coefficient (Wildman–Crippen LogP) is 3.08. The first kappa shape index (κ1) is 16.6. The molecule has 4 rings (SSSR count). The number of rotatable bonds is 3. The maximum Gasteiger partial charge on any atom is 0.332 e. The first-order chi connectivity index (χ1) is 12.6. The standard InChI is InChI=1S/C20H17N3O2S/c1-22-18-17(19(24)23(2)20(22)25)16(10-11-21-18)26-12-14-8-5-7-13-6-3-4-9-15(13)14/h3-11H,12H2,1-2H3. The number of thioether (sulfide) groups is 1. The lowest BCUT2D eigenvalue weighted by atomic mass is 10.1. The van der Waals surface area contributed by atoms with Crippen LogP contribution in [-0.4, -0.2) is 14.1 Å². The molecule has 0 N–H and O–H groups in total. The highest BCUT2D eigenvalue weighted by Crippen LogP contribution is 2.29. The summed E-state index contributed by atoms with van der Waals surface area (Å²) >= 11 is 1.59. The maximum atomic E-state index is 12.6. The molecule has 0 atom stereocenters. The van der Waals surface area contributed by atoms with E-state index >= 15 is 0 Å². The van der Waals surface area contributed by atoms with E-state index in [0.29, 0.717) is 11.0 Å². The minimum atomic E-state index is -0.369. The minimum absolute atomic E-state index is 0.309. The van der Waals surface area contributed by atoms with E-state index in [1.54, 1.807) is 25.0 Å². The van der Waals surface area contributed by atoms with Gasteiger partial charge in [-0.2, -0.15) is 0 Å². The highest BCUT2D eigenvalue weighted by atomic mass is 32.2. The van der Waals surface area contributed by atoms with Crippen LogP contribution in [0.25, 0.3) is 21.8 Å². The molecule has 6 heteroatoms. The van der Waals surface area contributed by atoms with Crippen molar-refractivity contribution in [1.29, 1.82) is 0 Å². The van der Waals surface area contributed by atoms with Gasteiger partial charge in [-0.3, -0.25) is 13.9 Å². The van der Waals surface area contributed by atoms with Crippen LogP contribution >= 0.6 is 11.8 Å². The molecule has 0 aliphatic heterocycles. The van der Waals surface area contributed by atoms with Gasteiger partial charge in [0.15, 0.2) is 0 Å². The maximum absolute atomic E-state index is 12.6. The van der Waals surface area contributed by atoms with E-state index in [2.05, 4.69) is 29.2 Å². The highest BCUT2D eigenvalue weighted by molar-refractivity contribution is 7.98. The first-order valence-electron chi connectivity index (χ1n) is 8.22. The zero-order valence-corrected chi connectivity index (χ0v) is 15.3. The summed E-state index contributed by atoms with van der Waals surface area (Å²) in [4.78, 5) is 29.8. The van der Waals surface area contributed by atoms with Crippen molar-refractivity contribution >= 4 is 33.6 Å². The van der Waals surface area contributed by atoms with Gasteiger partial charge >= 0.3 is 5.69 Å². The smallest absolute Gasteiger partial charge is 0.280 e. The van der Waals surface area contributed by atoms with Crippen LogP contribution in [0.2, 0.25) is 0 Å². The summed E-state index contributed by atoms with van der Waals surface area (Å²) in [6.07, 6.45) is 1.65. The molecule has 0 bridgehead atoms. The lowest BCUT2D eigenvalue weighted by molar-refractivity contribution is 0.706. The molecule has 2 aromatic heterocycles. The average Bonchev–Trinajstić information content (AvgIpc) is 2.68. The SMILES string of the molecule is Cn1c(=O)c2c(SCc3cccc4ccccc34)ccnc2n(C)c1=O. The van der Waals surface area contributed by atoms with E-state index in [1.807, 2.05) is 24.3 Å². The Bertz CT molecular complexity index is 1250. The van der Waals surface area contributed by atoms with Crippen molar-refractivity contribution < 1.29 is 0 Å². The summed E-state index contributed by atoms with van der Waals surface area (Å²) in [6.45, 7) is 0. The zero-order chi connectivity index (χ0) is 18.3. The second-order valence-corrected chi connectivity index (χ2v) is 7.16. The topological polar surface area (TPSA) is 56.9 Å². The highest BCUT2D eigenvalue weighted by Gasteiger charge is 2.14. The van der Waals surface area contributed by atoms with Crippen molar-refractivity contribution in [2.75, 3.05) is 0 Å². The summed E-state index contributed by atoms with van der Waals surface area (Å²) in [5, 5.41) is 2.90. The Morgan fingerprint density at radius 2 is 1.73 bits per heavy atom. The normalized spacial score (nSPS) is 11.3. The van der Waals surface area contributed by atoms with Gasteiger partial charge in [-0.15, -0.1) is 11.8 Å². The molecule has 4 aromatic rings. The lowest BCUT2D eigenvalue weighted by Gasteiger charge is -2.11. The van der Waals surface area contributed by atoms with Crippen molar-refractivity contribution in [2.45, 2.75) is 10.6 Å². The van der Waals surface area contributed by atoms with Crippen LogP contribution in [0.3, 0.4) is 0 Å². The van der Waals surface area contributed by atoms with E-state index < -0.39 is 0 Å². The Kier molecular flexibility index (Phi) is 4.12. The van der Waals surface area contributed by atoms with Crippen molar-refractivity contribution in [3.05, 3.63) is 81.1 Å². The fraction of sp³-hybridized carbons (Fsp3) is 0.150. The number of hydrogen-bond donors (Lipinski definition) is 0. The Labute approximate surface area is 153 Å². The van der Waals surface area contributed by atoms with E-state index in [1.165, 1.54) is 28.0 Å². The molecule has 0 aliphatic rings. The lowest BCUT2D eigenvalue weighted by Crippen LogP contribution is -2.37. The molecule has 0 radical (unpaired) electrons. The molecule has 0 saturated heterocycles. The van der Waals surface area contributed by atoms with Crippen LogP contribution in [0.15, 0.2) is 69.2 Å². The van der Waals surface area contributed by atoms with Gasteiger partial charge in [-0.25, -0.2) is 9.78 Å². The largest absolute Gasteiger partial charge is 0.332 e. The summed E-state index contributed by atoms with van der Waals surface area (Å²) in [5.41, 5.74) is 0.948.